The molecular formula is C19H17Br2N5OS. The number of nitrogens with zero attached hydrogens (tertiary/aromatic N) is 3. The SMILES string of the molecule is Cc1cc(Br)cc(Br)c1NC(=O)CSc1nc(N)c(C#N)c(C(C)C)c1C#N. The number of aryl methyl sites for hydroxylation is 1. The molecule has 0 unspecified atom stereocenters. The first-order chi connectivity index (χ1) is 13.2. The van der Waals surface area contributed by atoms with Crippen LogP contribution in [0.1, 0.15) is 42.0 Å². The van der Waals surface area contributed by atoms with Gasteiger partial charge in [-0.2, -0.15) is 10.5 Å². The molecule has 28 heavy (non-hydrogen) atoms. The molecule has 0 radical (unpaired) electrons. The van der Waals surface area contributed by atoms with Gasteiger partial charge in [0.05, 0.1) is 22.6 Å². The maximum atomic E-state index is 12.4. The van der Waals surface area contributed by atoms with Crippen molar-refractivity contribution in [2.45, 2.75) is 31.7 Å². The Kier molecular flexibility index (Phi) is 7.48. The third kappa shape index (κ3) is 4.85. The van der Waals surface area contributed by atoms with E-state index in [0.717, 1.165) is 26.3 Å². The quantitative estimate of drug-likeness (QED) is 0.528. The van der Waals surface area contributed by atoms with Gasteiger partial charge in [0.15, 0.2) is 0 Å². The highest BCUT2D eigenvalue weighted by Gasteiger charge is 2.22. The molecule has 0 aliphatic carbocycles. The van der Waals surface area contributed by atoms with Crippen LogP contribution in [0, 0.1) is 29.6 Å². The smallest absolute Gasteiger partial charge is 0.234 e. The molecule has 0 saturated heterocycles. The van der Waals surface area contributed by atoms with Crippen molar-refractivity contribution in [1.29, 1.82) is 10.5 Å². The molecule has 0 spiro atoms. The maximum Gasteiger partial charge on any atom is 0.234 e. The van der Waals surface area contributed by atoms with Crippen molar-refractivity contribution in [3.8, 4) is 12.1 Å². The number of nitrogen functional groups attached to an aromatic ring is 1. The molecule has 2 aromatic rings. The first-order valence-electron chi connectivity index (χ1n) is 8.21. The highest BCUT2D eigenvalue weighted by Crippen LogP contribution is 2.34. The predicted molar refractivity (Wildman–Crippen MR) is 118 cm³/mol. The fourth-order valence-electron chi connectivity index (χ4n) is 2.68. The van der Waals surface area contributed by atoms with E-state index in [0.29, 0.717) is 21.8 Å². The number of aromatic nitrogens is 1. The third-order valence-corrected chi connectivity index (χ3v) is 5.95. The standard InChI is InChI=1S/C19H17Br2N5OS/c1-9(2)16-12(6-22)18(24)26-19(13(16)7-23)28-8-15(27)25-17-10(3)4-11(20)5-14(17)21/h4-5,9H,8H2,1-3H3,(H2,24,26)(H,25,27). The summed E-state index contributed by atoms with van der Waals surface area (Å²) in [6.45, 7) is 5.65. The Balaban J connectivity index is 2.27. The van der Waals surface area contributed by atoms with Crippen molar-refractivity contribution in [2.24, 2.45) is 0 Å². The van der Waals surface area contributed by atoms with Crippen LogP contribution >= 0.6 is 43.6 Å². The summed E-state index contributed by atoms with van der Waals surface area (Å²) in [4.78, 5) is 16.6. The Bertz CT molecular complexity index is 1000. The number of carbonyl (C=O) groups excluding carboxylic acids is 1. The fraction of sp³-hybridized carbons (Fsp3) is 0.263. The number of halogens is 2. The lowest BCUT2D eigenvalue weighted by Crippen LogP contribution is -2.16. The van der Waals surface area contributed by atoms with Gasteiger partial charge in [0.2, 0.25) is 5.91 Å². The summed E-state index contributed by atoms with van der Waals surface area (Å²) >= 11 is 7.97. The highest BCUT2D eigenvalue weighted by molar-refractivity contribution is 9.11. The van der Waals surface area contributed by atoms with Gasteiger partial charge < -0.3 is 11.1 Å². The molecule has 0 fully saturated rings. The van der Waals surface area contributed by atoms with Gasteiger partial charge in [-0.1, -0.05) is 41.5 Å². The van der Waals surface area contributed by atoms with Crippen molar-refractivity contribution in [3.63, 3.8) is 0 Å². The fourth-order valence-corrected chi connectivity index (χ4v) is 5.02. The minimum absolute atomic E-state index is 0.0481. The molecule has 0 aliphatic heterocycles. The van der Waals surface area contributed by atoms with Crippen LogP contribution in [-0.2, 0) is 4.79 Å². The molecule has 1 aromatic carbocycles. The minimum atomic E-state index is -0.240. The lowest BCUT2D eigenvalue weighted by Gasteiger charge is -2.15. The largest absolute Gasteiger partial charge is 0.383 e. The number of thioether (sulfide) groups is 1. The monoisotopic (exact) mass is 521 g/mol. The molecule has 0 bridgehead atoms. The van der Waals surface area contributed by atoms with Gasteiger partial charge in [-0.05, 0) is 52.0 Å². The van der Waals surface area contributed by atoms with Crippen molar-refractivity contribution in [2.75, 3.05) is 16.8 Å². The van der Waals surface area contributed by atoms with Crippen molar-refractivity contribution in [3.05, 3.63) is 43.3 Å². The number of nitrogens with two attached hydrogens (primary N) is 1. The number of hydrogen-bond acceptors (Lipinski definition) is 6. The average Bonchev–Trinajstić information content (AvgIpc) is 2.62. The topological polar surface area (TPSA) is 116 Å². The average molecular weight is 523 g/mol. The van der Waals surface area contributed by atoms with E-state index in [1.165, 1.54) is 0 Å². The van der Waals surface area contributed by atoms with Crippen molar-refractivity contribution >= 4 is 61.0 Å². The van der Waals surface area contributed by atoms with E-state index in [4.69, 9.17) is 5.73 Å². The molecule has 9 heteroatoms. The minimum Gasteiger partial charge on any atom is -0.383 e. The first-order valence-corrected chi connectivity index (χ1v) is 10.8. The van der Waals surface area contributed by atoms with E-state index < -0.39 is 0 Å². The lowest BCUT2D eigenvalue weighted by molar-refractivity contribution is -0.113. The summed E-state index contributed by atoms with van der Waals surface area (Å²) in [7, 11) is 0. The summed E-state index contributed by atoms with van der Waals surface area (Å²) in [5.41, 5.74) is 8.57. The van der Waals surface area contributed by atoms with Crippen LogP contribution in [0.4, 0.5) is 11.5 Å². The number of carbonyl (C=O) groups is 1. The molecule has 6 nitrogen and oxygen atoms in total. The normalized spacial score (nSPS) is 10.4. The molecule has 0 aliphatic rings. The highest BCUT2D eigenvalue weighted by atomic mass is 79.9. The summed E-state index contributed by atoms with van der Waals surface area (Å²) in [5.74, 6) is -0.202. The van der Waals surface area contributed by atoms with Gasteiger partial charge in [0, 0.05) is 8.95 Å². The Hall–Kier alpha value is -2.07. The molecule has 144 valence electrons. The Morgan fingerprint density at radius 1 is 1.29 bits per heavy atom. The van der Waals surface area contributed by atoms with Crippen LogP contribution < -0.4 is 11.1 Å². The molecular weight excluding hydrogens is 506 g/mol. The van der Waals surface area contributed by atoms with Crippen LogP contribution in [0.15, 0.2) is 26.1 Å². The number of anilines is 2. The number of hydrogen-bond donors (Lipinski definition) is 2. The van der Waals surface area contributed by atoms with Gasteiger partial charge in [0.25, 0.3) is 0 Å². The summed E-state index contributed by atoms with van der Waals surface area (Å²) in [5, 5.41) is 22.2. The van der Waals surface area contributed by atoms with Gasteiger partial charge in [0.1, 0.15) is 23.0 Å². The van der Waals surface area contributed by atoms with Crippen LogP contribution in [0.3, 0.4) is 0 Å². The summed E-state index contributed by atoms with van der Waals surface area (Å²) in [6.07, 6.45) is 0. The van der Waals surface area contributed by atoms with Crippen molar-refractivity contribution in [1.82, 2.24) is 4.98 Å². The van der Waals surface area contributed by atoms with E-state index >= 15 is 0 Å². The van der Waals surface area contributed by atoms with Crippen LogP contribution in [-0.4, -0.2) is 16.6 Å². The Labute approximate surface area is 184 Å². The number of pyridine rings is 1. The number of benzene rings is 1. The van der Waals surface area contributed by atoms with Crippen LogP contribution in [0.25, 0.3) is 0 Å². The van der Waals surface area contributed by atoms with Gasteiger partial charge in [-0.15, -0.1) is 0 Å². The molecule has 2 rings (SSSR count). The van der Waals surface area contributed by atoms with E-state index in [1.807, 2.05) is 39.0 Å². The van der Waals surface area contributed by atoms with Crippen LogP contribution in [0.2, 0.25) is 0 Å². The number of rotatable bonds is 5. The zero-order chi connectivity index (χ0) is 21.0. The Morgan fingerprint density at radius 3 is 2.46 bits per heavy atom. The van der Waals surface area contributed by atoms with E-state index in [1.54, 1.807) is 0 Å². The second kappa shape index (κ2) is 9.42. The van der Waals surface area contributed by atoms with Gasteiger partial charge in [-0.25, -0.2) is 4.98 Å². The Morgan fingerprint density at radius 2 is 1.93 bits per heavy atom. The molecule has 1 heterocycles. The molecule has 1 amide bonds. The summed E-state index contributed by atoms with van der Waals surface area (Å²) in [6, 6.07) is 7.89. The third-order valence-electron chi connectivity index (χ3n) is 3.89. The van der Waals surface area contributed by atoms with E-state index in [9.17, 15) is 15.3 Å². The second-order valence-corrected chi connectivity index (χ2v) is 8.99. The molecule has 1 aromatic heterocycles. The lowest BCUT2D eigenvalue weighted by atomic mass is 9.94. The summed E-state index contributed by atoms with van der Waals surface area (Å²) < 4.78 is 1.67. The predicted octanol–water partition coefficient (Wildman–Crippen LogP) is 5.09. The molecule has 3 N–H and O–H groups in total. The number of nitriles is 2. The molecule has 0 saturated carbocycles. The van der Waals surface area contributed by atoms with E-state index in [-0.39, 0.29) is 29.0 Å². The zero-order valence-electron chi connectivity index (χ0n) is 15.4. The second-order valence-electron chi connectivity index (χ2n) is 6.26. The molecule has 0 atom stereocenters. The van der Waals surface area contributed by atoms with Gasteiger partial charge in [-0.3, -0.25) is 4.79 Å². The van der Waals surface area contributed by atoms with Crippen LogP contribution in [0.5, 0.6) is 0 Å². The van der Waals surface area contributed by atoms with Crippen molar-refractivity contribution < 1.29 is 4.79 Å². The van der Waals surface area contributed by atoms with E-state index in [2.05, 4.69) is 48.2 Å². The van der Waals surface area contributed by atoms with Gasteiger partial charge >= 0.3 is 0 Å². The number of amides is 1. The number of nitrogens with one attached hydrogen (secondary N) is 1. The zero-order valence-corrected chi connectivity index (χ0v) is 19.4. The first kappa shape index (κ1) is 22.2. The maximum absolute atomic E-state index is 12.4.